The topological polar surface area (TPSA) is 117 Å². The number of sulfonamides is 1. The van der Waals surface area contributed by atoms with Crippen molar-refractivity contribution in [3.05, 3.63) is 59.7 Å². The number of amides is 2. The molecule has 37 heavy (non-hydrogen) atoms. The van der Waals surface area contributed by atoms with Crippen molar-refractivity contribution in [3.8, 4) is 6.07 Å². The molecule has 3 aliphatic heterocycles. The Morgan fingerprint density at radius 3 is 2.43 bits per heavy atom. The van der Waals surface area contributed by atoms with Crippen LogP contribution in [0, 0.1) is 23.2 Å². The maximum atomic E-state index is 13.6. The zero-order valence-corrected chi connectivity index (χ0v) is 20.4. The molecule has 194 valence electrons. The maximum Gasteiger partial charge on any atom is 0.417 e. The molecule has 3 fully saturated rings. The standard InChI is InChI=1S/C25H22F3N3O5S/c1-23-9-10-24(36-23,11-12-30-37(34,35)17-5-3-2-4-6-17)20-19(23)21(32)31(22(20)33)16-8-7-15(14-29)18(13-16)25(26,27)28/h2-8,13,19-20,30H,9-12H2,1H3/t19-,20+,23+,24+/m0/s1. The minimum atomic E-state index is -4.85. The first-order valence-electron chi connectivity index (χ1n) is 11.6. The Balaban J connectivity index is 1.43. The van der Waals surface area contributed by atoms with Crippen molar-refractivity contribution in [2.45, 2.75) is 48.5 Å². The molecule has 1 N–H and O–H groups in total. The van der Waals surface area contributed by atoms with Crippen LogP contribution in [0.1, 0.15) is 37.3 Å². The molecule has 3 aliphatic rings. The van der Waals surface area contributed by atoms with Gasteiger partial charge >= 0.3 is 6.18 Å². The van der Waals surface area contributed by atoms with E-state index in [1.165, 1.54) is 18.2 Å². The predicted octanol–water partition coefficient (Wildman–Crippen LogP) is 3.37. The number of nitrogens with zero attached hydrogens (tertiary/aromatic N) is 2. The number of rotatable bonds is 6. The average molecular weight is 534 g/mol. The SMILES string of the molecule is C[C@]12CC[C@](CCNS(=O)(=O)c3ccccc3)(O1)[C@H]1C(=O)N(c3ccc(C#N)c(C(F)(F)F)c3)C(=O)[C@H]12. The summed E-state index contributed by atoms with van der Waals surface area (Å²) in [5.74, 6) is -3.24. The highest BCUT2D eigenvalue weighted by Gasteiger charge is 2.73. The third kappa shape index (κ3) is 3.93. The molecule has 8 nitrogen and oxygen atoms in total. The molecule has 3 heterocycles. The first-order chi connectivity index (χ1) is 17.3. The lowest BCUT2D eigenvalue weighted by molar-refractivity contribution is -0.138. The van der Waals surface area contributed by atoms with Crippen LogP contribution in [0.25, 0.3) is 0 Å². The zero-order chi connectivity index (χ0) is 26.8. The van der Waals surface area contributed by atoms with E-state index in [0.29, 0.717) is 18.9 Å². The van der Waals surface area contributed by atoms with Gasteiger partial charge in [0.2, 0.25) is 21.8 Å². The van der Waals surface area contributed by atoms with Gasteiger partial charge in [0.25, 0.3) is 0 Å². The smallest absolute Gasteiger partial charge is 0.367 e. The van der Waals surface area contributed by atoms with E-state index < -0.39 is 62.2 Å². The second kappa shape index (κ2) is 8.37. The number of imide groups is 1. The monoisotopic (exact) mass is 533 g/mol. The lowest BCUT2D eigenvalue weighted by Gasteiger charge is -2.31. The normalized spacial score (nSPS) is 29.0. The highest BCUT2D eigenvalue weighted by Crippen LogP contribution is 2.62. The predicted molar refractivity (Wildman–Crippen MR) is 123 cm³/mol. The summed E-state index contributed by atoms with van der Waals surface area (Å²) in [6, 6.07) is 12.0. The number of fused-ring (bicyclic) bond motifs is 5. The number of benzene rings is 2. The van der Waals surface area contributed by atoms with Crippen LogP contribution in [0.2, 0.25) is 0 Å². The molecule has 0 aromatic heterocycles. The van der Waals surface area contributed by atoms with Gasteiger partial charge in [-0.15, -0.1) is 0 Å². The number of halogens is 3. The Kier molecular flexibility index (Phi) is 5.74. The number of carbonyl (C=O) groups excluding carboxylic acids is 2. The Hall–Kier alpha value is -3.27. The Morgan fingerprint density at radius 2 is 1.78 bits per heavy atom. The van der Waals surface area contributed by atoms with Crippen LogP contribution in [0.15, 0.2) is 53.4 Å². The van der Waals surface area contributed by atoms with E-state index in [4.69, 9.17) is 10.00 Å². The molecular formula is C25H22F3N3O5S. The summed E-state index contributed by atoms with van der Waals surface area (Å²) in [7, 11) is -3.81. The van der Waals surface area contributed by atoms with E-state index in [1.807, 2.05) is 0 Å². The van der Waals surface area contributed by atoms with E-state index in [1.54, 1.807) is 25.1 Å². The molecule has 12 heteroatoms. The molecular weight excluding hydrogens is 511 g/mol. The van der Waals surface area contributed by atoms with E-state index >= 15 is 0 Å². The average Bonchev–Trinajstić information content (AvgIpc) is 3.43. The highest BCUT2D eigenvalue weighted by atomic mass is 32.2. The summed E-state index contributed by atoms with van der Waals surface area (Å²) in [6.07, 6.45) is -3.92. The number of hydrogen-bond acceptors (Lipinski definition) is 6. The summed E-state index contributed by atoms with van der Waals surface area (Å²) in [5, 5.41) is 9.07. The van der Waals surface area contributed by atoms with Crippen molar-refractivity contribution < 1.29 is 35.9 Å². The second-order valence-electron chi connectivity index (χ2n) is 9.75. The van der Waals surface area contributed by atoms with Crippen LogP contribution in [-0.2, 0) is 30.5 Å². The first-order valence-corrected chi connectivity index (χ1v) is 13.1. The quantitative estimate of drug-likeness (QED) is 0.569. The van der Waals surface area contributed by atoms with Gasteiger partial charge in [0.05, 0.1) is 50.8 Å². The zero-order valence-electron chi connectivity index (χ0n) is 19.6. The van der Waals surface area contributed by atoms with Crippen molar-refractivity contribution in [1.29, 1.82) is 5.26 Å². The van der Waals surface area contributed by atoms with E-state index in [9.17, 15) is 31.2 Å². The Morgan fingerprint density at radius 1 is 1.11 bits per heavy atom. The third-order valence-electron chi connectivity index (χ3n) is 7.59. The second-order valence-corrected chi connectivity index (χ2v) is 11.5. The number of anilines is 1. The summed E-state index contributed by atoms with van der Waals surface area (Å²) < 4.78 is 74.6. The van der Waals surface area contributed by atoms with Crippen LogP contribution in [0.3, 0.4) is 0 Å². The number of carbonyl (C=O) groups is 2. The largest absolute Gasteiger partial charge is 0.417 e. The Labute approximate surface area is 211 Å². The first kappa shape index (κ1) is 25.4. The molecule has 2 aromatic carbocycles. The number of hydrogen-bond donors (Lipinski definition) is 1. The van der Waals surface area contributed by atoms with Gasteiger partial charge in [0.15, 0.2) is 0 Å². The van der Waals surface area contributed by atoms with Gasteiger partial charge in [-0.2, -0.15) is 18.4 Å². The number of nitriles is 1. The van der Waals surface area contributed by atoms with Gasteiger partial charge in [-0.1, -0.05) is 18.2 Å². The molecule has 2 bridgehead atoms. The fraction of sp³-hybridized carbons (Fsp3) is 0.400. The fourth-order valence-corrected chi connectivity index (χ4v) is 7.00. The lowest BCUT2D eigenvalue weighted by Crippen LogP contribution is -2.44. The van der Waals surface area contributed by atoms with Crippen molar-refractivity contribution in [2.75, 3.05) is 11.4 Å². The van der Waals surface area contributed by atoms with Crippen LogP contribution in [-0.4, -0.2) is 38.0 Å². The lowest BCUT2D eigenvalue weighted by atomic mass is 9.67. The summed E-state index contributed by atoms with van der Waals surface area (Å²) in [6.45, 7) is 1.63. The minimum absolute atomic E-state index is 0.0624. The van der Waals surface area contributed by atoms with E-state index in [2.05, 4.69) is 4.72 Å². The summed E-state index contributed by atoms with van der Waals surface area (Å²) >= 11 is 0. The molecule has 2 aromatic rings. The third-order valence-corrected chi connectivity index (χ3v) is 9.07. The maximum absolute atomic E-state index is 13.6. The van der Waals surface area contributed by atoms with Crippen molar-refractivity contribution >= 4 is 27.5 Å². The van der Waals surface area contributed by atoms with Gasteiger partial charge in [-0.05, 0) is 56.5 Å². The summed E-state index contributed by atoms with van der Waals surface area (Å²) in [5.41, 5.74) is -4.27. The van der Waals surface area contributed by atoms with Gasteiger partial charge in [-0.3, -0.25) is 9.59 Å². The van der Waals surface area contributed by atoms with Gasteiger partial charge in [-0.25, -0.2) is 18.0 Å². The highest BCUT2D eigenvalue weighted by molar-refractivity contribution is 7.89. The van der Waals surface area contributed by atoms with Crippen molar-refractivity contribution in [2.24, 2.45) is 11.8 Å². The molecule has 5 rings (SSSR count). The molecule has 0 unspecified atom stereocenters. The van der Waals surface area contributed by atoms with Crippen LogP contribution in [0.5, 0.6) is 0 Å². The van der Waals surface area contributed by atoms with Crippen LogP contribution < -0.4 is 9.62 Å². The van der Waals surface area contributed by atoms with Crippen LogP contribution in [0.4, 0.5) is 18.9 Å². The molecule has 2 amide bonds. The molecule has 4 atom stereocenters. The number of nitrogens with one attached hydrogen (secondary N) is 1. The van der Waals surface area contributed by atoms with E-state index in [0.717, 1.165) is 17.0 Å². The molecule has 3 saturated heterocycles. The minimum Gasteiger partial charge on any atom is -0.367 e. The Bertz CT molecular complexity index is 1440. The van der Waals surface area contributed by atoms with Gasteiger partial charge in [0, 0.05) is 6.54 Å². The van der Waals surface area contributed by atoms with Crippen molar-refractivity contribution in [3.63, 3.8) is 0 Å². The van der Waals surface area contributed by atoms with Crippen molar-refractivity contribution in [1.82, 2.24) is 4.72 Å². The number of ether oxygens (including phenoxy) is 1. The fourth-order valence-electron chi connectivity index (χ4n) is 5.95. The molecule has 0 saturated carbocycles. The van der Waals surface area contributed by atoms with Gasteiger partial charge < -0.3 is 4.74 Å². The number of alkyl halides is 3. The van der Waals surface area contributed by atoms with E-state index in [-0.39, 0.29) is 23.5 Å². The summed E-state index contributed by atoms with van der Waals surface area (Å²) in [4.78, 5) is 27.8. The molecule has 0 radical (unpaired) electrons. The van der Waals surface area contributed by atoms with Crippen LogP contribution >= 0.6 is 0 Å². The van der Waals surface area contributed by atoms with Gasteiger partial charge in [0.1, 0.15) is 0 Å². The molecule has 0 aliphatic carbocycles. The molecule has 0 spiro atoms.